The lowest BCUT2D eigenvalue weighted by molar-refractivity contribution is -0.141. The zero-order chi connectivity index (χ0) is 23.7. The summed E-state index contributed by atoms with van der Waals surface area (Å²) in [5.41, 5.74) is 4.72. The van der Waals surface area contributed by atoms with Crippen molar-refractivity contribution in [1.82, 2.24) is 10.2 Å². The topological polar surface area (TPSA) is 95.9 Å². The van der Waals surface area contributed by atoms with Gasteiger partial charge in [-0.2, -0.15) is 0 Å². The molecule has 3 atom stereocenters. The maximum Gasteiger partial charge on any atom is 0.407 e. The number of carbonyl (C=O) groups is 3. The van der Waals surface area contributed by atoms with Crippen LogP contribution in [-0.4, -0.2) is 53.7 Å². The number of rotatable bonds is 6. The summed E-state index contributed by atoms with van der Waals surface area (Å²) >= 11 is 0. The number of benzene rings is 2. The average molecular weight is 463 g/mol. The molecule has 2 amide bonds. The van der Waals surface area contributed by atoms with Crippen LogP contribution in [0, 0.1) is 11.8 Å². The van der Waals surface area contributed by atoms with Crippen LogP contribution in [0.25, 0.3) is 11.1 Å². The van der Waals surface area contributed by atoms with Crippen LogP contribution in [0.2, 0.25) is 0 Å². The highest BCUT2D eigenvalue weighted by Gasteiger charge is 2.36. The smallest absolute Gasteiger partial charge is 0.407 e. The maximum absolute atomic E-state index is 12.7. The molecular formula is C27H30N2O5. The molecule has 1 heterocycles. The minimum Gasteiger partial charge on any atom is -0.481 e. The Morgan fingerprint density at radius 1 is 0.971 bits per heavy atom. The molecule has 0 spiro atoms. The number of fused-ring (bicyclic) bond motifs is 3. The highest BCUT2D eigenvalue weighted by Crippen LogP contribution is 2.44. The molecule has 0 radical (unpaired) electrons. The van der Waals surface area contributed by atoms with Gasteiger partial charge in [-0.25, -0.2) is 4.79 Å². The summed E-state index contributed by atoms with van der Waals surface area (Å²) < 4.78 is 5.68. The first-order valence-electron chi connectivity index (χ1n) is 12.1. The molecule has 5 rings (SSSR count). The van der Waals surface area contributed by atoms with Gasteiger partial charge in [0.1, 0.15) is 6.61 Å². The summed E-state index contributed by atoms with van der Waals surface area (Å²) in [5, 5.41) is 12.2. The first-order chi connectivity index (χ1) is 16.5. The number of likely N-dealkylation sites (tertiary alicyclic amines) is 1. The molecule has 1 aliphatic heterocycles. The largest absolute Gasteiger partial charge is 0.481 e. The van der Waals surface area contributed by atoms with Crippen LogP contribution in [0.4, 0.5) is 4.79 Å². The van der Waals surface area contributed by atoms with Crippen LogP contribution in [0.15, 0.2) is 48.5 Å². The van der Waals surface area contributed by atoms with Crippen molar-refractivity contribution in [3.05, 3.63) is 59.7 Å². The molecule has 178 valence electrons. The number of ether oxygens (including phenoxy) is 1. The van der Waals surface area contributed by atoms with E-state index in [0.29, 0.717) is 19.4 Å². The fourth-order valence-electron chi connectivity index (χ4n) is 5.80. The highest BCUT2D eigenvalue weighted by molar-refractivity contribution is 5.80. The fourth-order valence-corrected chi connectivity index (χ4v) is 5.80. The van der Waals surface area contributed by atoms with Gasteiger partial charge in [0.2, 0.25) is 5.91 Å². The minimum absolute atomic E-state index is 0.0106. The Labute approximate surface area is 199 Å². The molecule has 3 aliphatic rings. The monoisotopic (exact) mass is 462 g/mol. The average Bonchev–Trinajstić information content (AvgIpc) is 3.56. The number of amides is 2. The lowest BCUT2D eigenvalue weighted by Gasteiger charge is -2.24. The van der Waals surface area contributed by atoms with E-state index < -0.39 is 18.0 Å². The lowest BCUT2D eigenvalue weighted by Crippen LogP contribution is -2.40. The third kappa shape index (κ3) is 4.39. The second kappa shape index (κ2) is 9.49. The van der Waals surface area contributed by atoms with Gasteiger partial charge in [-0.3, -0.25) is 9.59 Å². The molecule has 1 saturated heterocycles. The van der Waals surface area contributed by atoms with Gasteiger partial charge in [-0.15, -0.1) is 0 Å². The standard InChI is InChI=1S/C27H30N2O5/c30-25(29-13-12-18(15-29)26(31)32)14-17-6-5-11-24(17)28-27(33)34-16-23-21-9-3-1-7-19(21)20-8-2-4-10-22(20)23/h1-4,7-10,17-18,23-24H,5-6,11-16H2,(H,28,33)(H,31,32). The SMILES string of the molecule is O=C(NC1CCCC1CC(=O)N1CCC(C(=O)O)C1)OCC1c2ccccc2-c2ccccc21. The number of nitrogens with one attached hydrogen (secondary N) is 1. The van der Waals surface area contributed by atoms with E-state index in [1.807, 2.05) is 24.3 Å². The summed E-state index contributed by atoms with van der Waals surface area (Å²) in [6.45, 7) is 1.04. The summed E-state index contributed by atoms with van der Waals surface area (Å²) in [5.74, 6) is -1.27. The number of alkyl carbamates (subject to hydrolysis) is 1. The van der Waals surface area contributed by atoms with E-state index >= 15 is 0 Å². The van der Waals surface area contributed by atoms with Crippen LogP contribution in [0.1, 0.15) is 49.1 Å². The first kappa shape index (κ1) is 22.4. The Morgan fingerprint density at radius 2 is 1.65 bits per heavy atom. The van der Waals surface area contributed by atoms with Gasteiger partial charge in [-0.05, 0) is 47.4 Å². The van der Waals surface area contributed by atoms with Crippen LogP contribution in [-0.2, 0) is 14.3 Å². The molecule has 3 unspecified atom stereocenters. The van der Waals surface area contributed by atoms with Crippen molar-refractivity contribution in [3.63, 3.8) is 0 Å². The third-order valence-corrected chi connectivity index (χ3v) is 7.63. The molecule has 7 heteroatoms. The zero-order valence-electron chi connectivity index (χ0n) is 19.1. The van der Waals surface area contributed by atoms with E-state index in [1.165, 1.54) is 22.3 Å². The van der Waals surface area contributed by atoms with E-state index in [2.05, 4.69) is 29.6 Å². The normalized spacial score (nSPS) is 23.4. The second-order valence-electron chi connectivity index (χ2n) is 9.64. The summed E-state index contributed by atoms with van der Waals surface area (Å²) in [6.07, 6.45) is 3.03. The van der Waals surface area contributed by atoms with Gasteiger partial charge in [0.05, 0.1) is 5.92 Å². The Hall–Kier alpha value is -3.35. The quantitative estimate of drug-likeness (QED) is 0.676. The Morgan fingerprint density at radius 3 is 2.29 bits per heavy atom. The molecule has 2 fully saturated rings. The van der Waals surface area contributed by atoms with Gasteiger partial charge < -0.3 is 20.1 Å². The van der Waals surface area contributed by atoms with Crippen LogP contribution >= 0.6 is 0 Å². The summed E-state index contributed by atoms with van der Waals surface area (Å²) in [6, 6.07) is 16.4. The molecule has 2 aromatic rings. The molecule has 2 aliphatic carbocycles. The maximum atomic E-state index is 12.7. The van der Waals surface area contributed by atoms with Crippen molar-refractivity contribution < 1.29 is 24.2 Å². The Balaban J connectivity index is 1.16. The van der Waals surface area contributed by atoms with E-state index in [1.54, 1.807) is 4.90 Å². The van der Waals surface area contributed by atoms with Gasteiger partial charge in [0.25, 0.3) is 0 Å². The number of nitrogens with zero attached hydrogens (tertiary/aromatic N) is 1. The number of carboxylic acids is 1. The molecule has 0 bridgehead atoms. The van der Waals surface area contributed by atoms with Gasteiger partial charge in [0, 0.05) is 31.5 Å². The van der Waals surface area contributed by atoms with Crippen LogP contribution in [0.5, 0.6) is 0 Å². The van der Waals surface area contributed by atoms with Crippen molar-refractivity contribution in [3.8, 4) is 11.1 Å². The highest BCUT2D eigenvalue weighted by atomic mass is 16.5. The summed E-state index contributed by atoms with van der Waals surface area (Å²) in [4.78, 5) is 38.3. The molecule has 7 nitrogen and oxygen atoms in total. The van der Waals surface area contributed by atoms with Crippen molar-refractivity contribution >= 4 is 18.0 Å². The van der Waals surface area contributed by atoms with E-state index in [9.17, 15) is 19.5 Å². The molecular weight excluding hydrogens is 432 g/mol. The Bertz CT molecular complexity index is 1050. The van der Waals surface area contributed by atoms with Gasteiger partial charge >= 0.3 is 12.1 Å². The van der Waals surface area contributed by atoms with Crippen molar-refractivity contribution in [2.45, 2.75) is 44.1 Å². The van der Waals surface area contributed by atoms with Crippen LogP contribution < -0.4 is 5.32 Å². The number of carbonyl (C=O) groups excluding carboxylic acids is 2. The van der Waals surface area contributed by atoms with E-state index in [0.717, 1.165) is 19.3 Å². The number of hydrogen-bond donors (Lipinski definition) is 2. The van der Waals surface area contributed by atoms with Crippen molar-refractivity contribution in [1.29, 1.82) is 0 Å². The minimum atomic E-state index is -0.842. The van der Waals surface area contributed by atoms with E-state index in [4.69, 9.17) is 4.74 Å². The van der Waals surface area contributed by atoms with Crippen molar-refractivity contribution in [2.75, 3.05) is 19.7 Å². The molecule has 2 aromatic carbocycles. The third-order valence-electron chi connectivity index (χ3n) is 7.63. The molecule has 2 N–H and O–H groups in total. The predicted molar refractivity (Wildman–Crippen MR) is 126 cm³/mol. The van der Waals surface area contributed by atoms with Crippen LogP contribution in [0.3, 0.4) is 0 Å². The predicted octanol–water partition coefficient (Wildman–Crippen LogP) is 4.02. The summed E-state index contributed by atoms with van der Waals surface area (Å²) in [7, 11) is 0. The number of carboxylic acid groups (broad SMARTS) is 1. The molecule has 0 aromatic heterocycles. The van der Waals surface area contributed by atoms with Gasteiger partial charge in [-0.1, -0.05) is 55.0 Å². The zero-order valence-corrected chi connectivity index (χ0v) is 19.1. The first-order valence-corrected chi connectivity index (χ1v) is 12.1. The Kier molecular flexibility index (Phi) is 6.26. The number of hydrogen-bond acceptors (Lipinski definition) is 4. The molecule has 34 heavy (non-hydrogen) atoms. The number of aliphatic carboxylic acids is 1. The lowest BCUT2D eigenvalue weighted by atomic mass is 9.98. The van der Waals surface area contributed by atoms with Gasteiger partial charge in [0.15, 0.2) is 0 Å². The second-order valence-corrected chi connectivity index (χ2v) is 9.64. The molecule has 1 saturated carbocycles. The fraction of sp³-hybridized carbons (Fsp3) is 0.444. The van der Waals surface area contributed by atoms with Crippen molar-refractivity contribution in [2.24, 2.45) is 11.8 Å². The van der Waals surface area contributed by atoms with E-state index in [-0.39, 0.29) is 36.9 Å².